The van der Waals surface area contributed by atoms with Crippen LogP contribution in [0.25, 0.3) is 0 Å². The number of fused-ring (bicyclic) bond motifs is 1. The number of nitrogens with one attached hydrogen (secondary N) is 2. The summed E-state index contributed by atoms with van der Waals surface area (Å²) < 4.78 is 14.0. The van der Waals surface area contributed by atoms with Gasteiger partial charge in [-0.3, -0.25) is 19.2 Å². The molecule has 37 heavy (non-hydrogen) atoms. The summed E-state index contributed by atoms with van der Waals surface area (Å²) in [6.45, 7) is 8.04. The Morgan fingerprint density at radius 2 is 1.70 bits per heavy atom. The molecule has 8 nitrogen and oxygen atoms in total. The fourth-order valence-corrected chi connectivity index (χ4v) is 4.30. The van der Waals surface area contributed by atoms with Gasteiger partial charge in [-0.2, -0.15) is 0 Å². The van der Waals surface area contributed by atoms with Crippen LogP contribution in [0.3, 0.4) is 0 Å². The summed E-state index contributed by atoms with van der Waals surface area (Å²) in [6.07, 6.45) is -0.282. The number of rotatable bonds is 8. The molecule has 0 saturated carbocycles. The minimum absolute atomic E-state index is 0.0123. The minimum atomic E-state index is -1.06. The molecule has 0 aliphatic carbocycles. The van der Waals surface area contributed by atoms with E-state index in [2.05, 4.69) is 10.6 Å². The van der Waals surface area contributed by atoms with E-state index in [1.54, 1.807) is 23.1 Å². The summed E-state index contributed by atoms with van der Waals surface area (Å²) in [6, 6.07) is 12.5. The van der Waals surface area contributed by atoms with Crippen molar-refractivity contribution in [1.29, 1.82) is 0 Å². The first-order chi connectivity index (χ1) is 17.5. The molecule has 4 amide bonds. The molecule has 0 saturated heterocycles. The van der Waals surface area contributed by atoms with E-state index in [9.17, 15) is 23.6 Å². The summed E-state index contributed by atoms with van der Waals surface area (Å²) in [5.74, 6) is -1.86. The SMILES string of the molecule is CC(=O)NCCC(=O)N1Cc2ccccc2N(CC(C)(C)C)C(=O)C1CC(=O)NCc1ccccc1F. The third kappa shape index (κ3) is 7.62. The van der Waals surface area contributed by atoms with Gasteiger partial charge >= 0.3 is 0 Å². The second-order valence-corrected chi connectivity index (χ2v) is 10.5. The number of hydrogen-bond acceptors (Lipinski definition) is 4. The number of amides is 4. The highest BCUT2D eigenvalue weighted by molar-refractivity contribution is 6.03. The summed E-state index contributed by atoms with van der Waals surface area (Å²) in [4.78, 5) is 54.7. The van der Waals surface area contributed by atoms with E-state index >= 15 is 0 Å². The van der Waals surface area contributed by atoms with Gasteiger partial charge in [-0.05, 0) is 23.1 Å². The first-order valence-corrected chi connectivity index (χ1v) is 12.4. The van der Waals surface area contributed by atoms with Crippen molar-refractivity contribution in [3.05, 3.63) is 65.5 Å². The van der Waals surface area contributed by atoms with Gasteiger partial charge in [-0.1, -0.05) is 57.2 Å². The zero-order valence-corrected chi connectivity index (χ0v) is 21.8. The van der Waals surface area contributed by atoms with E-state index in [-0.39, 0.29) is 55.6 Å². The topological polar surface area (TPSA) is 98.8 Å². The molecule has 0 bridgehead atoms. The summed E-state index contributed by atoms with van der Waals surface area (Å²) in [5.41, 5.74) is 1.58. The van der Waals surface area contributed by atoms with Gasteiger partial charge in [-0.25, -0.2) is 4.39 Å². The van der Waals surface area contributed by atoms with Crippen molar-refractivity contribution in [3.63, 3.8) is 0 Å². The fraction of sp³-hybridized carbons (Fsp3) is 0.429. The Kier molecular flexibility index (Phi) is 9.02. The first-order valence-electron chi connectivity index (χ1n) is 12.4. The smallest absolute Gasteiger partial charge is 0.250 e. The van der Waals surface area contributed by atoms with Crippen LogP contribution in [0.1, 0.15) is 51.7 Å². The zero-order valence-electron chi connectivity index (χ0n) is 21.8. The molecular weight excluding hydrogens is 475 g/mol. The van der Waals surface area contributed by atoms with Crippen LogP contribution in [0.5, 0.6) is 0 Å². The Bertz CT molecular complexity index is 1160. The predicted molar refractivity (Wildman–Crippen MR) is 139 cm³/mol. The number of hydrogen-bond donors (Lipinski definition) is 2. The zero-order chi connectivity index (χ0) is 27.2. The molecule has 2 aromatic rings. The van der Waals surface area contributed by atoms with E-state index < -0.39 is 17.8 Å². The van der Waals surface area contributed by atoms with Gasteiger partial charge in [0, 0.05) is 50.8 Å². The lowest BCUT2D eigenvalue weighted by molar-refractivity contribution is -0.141. The lowest BCUT2D eigenvalue weighted by Crippen LogP contribution is -2.52. The maximum atomic E-state index is 14.0. The summed E-state index contributed by atoms with van der Waals surface area (Å²) in [5, 5.41) is 5.29. The van der Waals surface area contributed by atoms with Crippen molar-refractivity contribution < 1.29 is 23.6 Å². The van der Waals surface area contributed by atoms with E-state index in [1.807, 2.05) is 45.0 Å². The molecule has 1 aliphatic rings. The van der Waals surface area contributed by atoms with Crippen LogP contribution >= 0.6 is 0 Å². The van der Waals surface area contributed by atoms with Crippen LogP contribution in [0, 0.1) is 11.2 Å². The summed E-state index contributed by atoms with van der Waals surface area (Å²) in [7, 11) is 0. The molecule has 1 atom stereocenters. The molecule has 3 rings (SSSR count). The monoisotopic (exact) mass is 510 g/mol. The standard InChI is InChI=1S/C28H35FN4O4/c1-19(34)30-14-13-26(36)32-17-21-10-6-8-12-23(21)33(18-28(2,3)4)27(37)24(32)15-25(35)31-16-20-9-5-7-11-22(20)29/h5-12,24H,13-18H2,1-4H3,(H,30,34)(H,31,35). The van der Waals surface area contributed by atoms with Gasteiger partial charge in [-0.15, -0.1) is 0 Å². The Labute approximate surface area is 217 Å². The second kappa shape index (κ2) is 12.0. The number of nitrogens with zero attached hydrogens (tertiary/aromatic N) is 2. The highest BCUT2D eigenvalue weighted by atomic mass is 19.1. The molecule has 0 spiro atoms. The molecule has 0 aromatic heterocycles. The van der Waals surface area contributed by atoms with Gasteiger partial charge in [0.15, 0.2) is 0 Å². The van der Waals surface area contributed by atoms with Gasteiger partial charge in [0.05, 0.1) is 6.42 Å². The minimum Gasteiger partial charge on any atom is -0.356 e. The Morgan fingerprint density at radius 1 is 1.03 bits per heavy atom. The van der Waals surface area contributed by atoms with Crippen molar-refractivity contribution in [2.45, 2.75) is 59.7 Å². The van der Waals surface area contributed by atoms with Crippen LogP contribution in [0.4, 0.5) is 10.1 Å². The van der Waals surface area contributed by atoms with Crippen molar-refractivity contribution in [2.24, 2.45) is 5.41 Å². The van der Waals surface area contributed by atoms with Gasteiger partial charge < -0.3 is 20.4 Å². The van der Waals surface area contributed by atoms with Crippen LogP contribution < -0.4 is 15.5 Å². The molecule has 0 radical (unpaired) electrons. The number of halogens is 1. The maximum absolute atomic E-state index is 14.0. The molecule has 1 aliphatic heterocycles. The molecule has 2 aromatic carbocycles. The lowest BCUT2D eigenvalue weighted by atomic mass is 9.95. The molecule has 2 N–H and O–H groups in total. The number of benzene rings is 2. The Balaban J connectivity index is 1.90. The van der Waals surface area contributed by atoms with Crippen LogP contribution in [-0.2, 0) is 32.3 Å². The van der Waals surface area contributed by atoms with Crippen LogP contribution in [-0.4, -0.2) is 47.7 Å². The number of carbonyl (C=O) groups is 4. The maximum Gasteiger partial charge on any atom is 0.250 e. The van der Waals surface area contributed by atoms with Crippen molar-refractivity contribution >= 4 is 29.3 Å². The van der Waals surface area contributed by atoms with Gasteiger partial charge in [0.1, 0.15) is 11.9 Å². The third-order valence-corrected chi connectivity index (χ3v) is 6.03. The van der Waals surface area contributed by atoms with E-state index in [0.717, 1.165) is 5.56 Å². The molecular formula is C28H35FN4O4. The van der Waals surface area contributed by atoms with E-state index in [1.165, 1.54) is 17.9 Å². The molecule has 0 fully saturated rings. The van der Waals surface area contributed by atoms with E-state index in [4.69, 9.17) is 0 Å². The Morgan fingerprint density at radius 3 is 2.38 bits per heavy atom. The fourth-order valence-electron chi connectivity index (χ4n) is 4.30. The lowest BCUT2D eigenvalue weighted by Gasteiger charge is -2.33. The highest BCUT2D eigenvalue weighted by Crippen LogP contribution is 2.32. The Hall–Kier alpha value is -3.75. The largest absolute Gasteiger partial charge is 0.356 e. The average Bonchev–Trinajstić information content (AvgIpc) is 2.93. The quantitative estimate of drug-likeness (QED) is 0.570. The first kappa shape index (κ1) is 27.8. The number of para-hydroxylation sites is 1. The molecule has 1 unspecified atom stereocenters. The number of carbonyl (C=O) groups excluding carboxylic acids is 4. The molecule has 198 valence electrons. The third-order valence-electron chi connectivity index (χ3n) is 6.03. The average molecular weight is 511 g/mol. The van der Waals surface area contributed by atoms with Crippen molar-refractivity contribution in [1.82, 2.24) is 15.5 Å². The predicted octanol–water partition coefficient (Wildman–Crippen LogP) is 3.15. The highest BCUT2D eigenvalue weighted by Gasteiger charge is 2.39. The molecule has 1 heterocycles. The van der Waals surface area contributed by atoms with Crippen LogP contribution in [0.15, 0.2) is 48.5 Å². The van der Waals surface area contributed by atoms with Gasteiger partial charge in [0.2, 0.25) is 23.6 Å². The summed E-state index contributed by atoms with van der Waals surface area (Å²) >= 11 is 0. The van der Waals surface area contributed by atoms with Crippen molar-refractivity contribution in [2.75, 3.05) is 18.0 Å². The molecule has 9 heteroatoms. The van der Waals surface area contributed by atoms with Crippen molar-refractivity contribution in [3.8, 4) is 0 Å². The van der Waals surface area contributed by atoms with Gasteiger partial charge in [0.25, 0.3) is 0 Å². The van der Waals surface area contributed by atoms with E-state index in [0.29, 0.717) is 17.8 Å². The van der Waals surface area contributed by atoms with Crippen LogP contribution in [0.2, 0.25) is 0 Å². The number of anilines is 1. The second-order valence-electron chi connectivity index (χ2n) is 10.5. The normalized spacial score (nSPS) is 15.6.